The molecule has 2 bridgehead atoms. The number of benzene rings is 2. The molecule has 30 heavy (non-hydrogen) atoms. The van der Waals surface area contributed by atoms with E-state index in [9.17, 15) is 18.0 Å². The smallest absolute Gasteiger partial charge is 0.261 e. The van der Waals surface area contributed by atoms with Gasteiger partial charge >= 0.3 is 0 Å². The quantitative estimate of drug-likeness (QED) is 0.636. The second-order valence-corrected chi connectivity index (χ2v) is 11.3. The molecular weight excluding hydrogens is 468 g/mol. The SMILES string of the molecule is CC1(C)[C@H]2CC[C@]1(C)C(=O)N(c1ccc(S(=O)(=O)Nc3cccc(Br)c3)cc1)C2=O. The number of nitrogens with one attached hydrogen (secondary N) is 1. The van der Waals surface area contributed by atoms with Gasteiger partial charge in [0.1, 0.15) is 0 Å². The van der Waals surface area contributed by atoms with Crippen LogP contribution < -0.4 is 9.62 Å². The molecule has 6 nitrogen and oxygen atoms in total. The monoisotopic (exact) mass is 490 g/mol. The lowest BCUT2D eigenvalue weighted by Crippen LogP contribution is -2.59. The lowest BCUT2D eigenvalue weighted by atomic mass is 9.62. The molecule has 1 heterocycles. The van der Waals surface area contributed by atoms with E-state index in [4.69, 9.17) is 0 Å². The summed E-state index contributed by atoms with van der Waals surface area (Å²) in [5, 5.41) is 0. The van der Waals surface area contributed by atoms with E-state index in [-0.39, 0.29) is 22.6 Å². The number of nitrogens with zero attached hydrogens (tertiary/aromatic N) is 1. The van der Waals surface area contributed by atoms with Crippen molar-refractivity contribution in [3.8, 4) is 0 Å². The second kappa shape index (κ2) is 6.92. The van der Waals surface area contributed by atoms with Crippen LogP contribution in [-0.4, -0.2) is 20.2 Å². The molecule has 1 aliphatic carbocycles. The average molecular weight is 491 g/mol. The first-order chi connectivity index (χ1) is 14.0. The molecule has 0 aromatic heterocycles. The maximum Gasteiger partial charge on any atom is 0.261 e. The number of imide groups is 1. The lowest BCUT2D eigenvalue weighted by Gasteiger charge is -2.47. The Bertz CT molecular complexity index is 1140. The zero-order valence-electron chi connectivity index (χ0n) is 17.0. The highest BCUT2D eigenvalue weighted by molar-refractivity contribution is 9.10. The Labute approximate surface area is 184 Å². The van der Waals surface area contributed by atoms with Crippen LogP contribution in [0.5, 0.6) is 0 Å². The fourth-order valence-corrected chi connectivity index (χ4v) is 6.05. The van der Waals surface area contributed by atoms with Gasteiger partial charge in [0.15, 0.2) is 0 Å². The molecule has 2 aliphatic rings. The molecule has 4 rings (SSSR count). The van der Waals surface area contributed by atoms with Gasteiger partial charge in [0, 0.05) is 16.1 Å². The van der Waals surface area contributed by atoms with Gasteiger partial charge in [-0.3, -0.25) is 14.3 Å². The Morgan fingerprint density at radius 2 is 1.73 bits per heavy atom. The molecule has 1 aliphatic heterocycles. The highest BCUT2D eigenvalue weighted by Crippen LogP contribution is 2.60. The summed E-state index contributed by atoms with van der Waals surface area (Å²) < 4.78 is 28.7. The number of halogens is 1. The van der Waals surface area contributed by atoms with E-state index in [1.165, 1.54) is 29.2 Å². The third-order valence-electron chi connectivity index (χ3n) is 6.90. The van der Waals surface area contributed by atoms with E-state index in [2.05, 4.69) is 20.7 Å². The number of amides is 2. The largest absolute Gasteiger partial charge is 0.280 e. The standard InChI is InChI=1S/C22H23BrN2O4S/c1-21(2)18-11-12-22(21,3)20(27)25(19(18)26)16-7-9-17(10-8-16)30(28,29)24-15-6-4-5-14(23)13-15/h4-10,13,18,24H,11-12H2,1-3H3/t18-,22+/m0/s1. The van der Waals surface area contributed by atoms with Gasteiger partial charge in [0.05, 0.1) is 16.0 Å². The van der Waals surface area contributed by atoms with E-state index in [0.717, 1.165) is 4.47 Å². The molecule has 1 saturated heterocycles. The Morgan fingerprint density at radius 1 is 1.07 bits per heavy atom. The third-order valence-corrected chi connectivity index (χ3v) is 8.79. The number of sulfonamides is 1. The molecule has 2 amide bonds. The van der Waals surface area contributed by atoms with Crippen LogP contribution in [0, 0.1) is 16.7 Å². The molecule has 2 atom stereocenters. The minimum absolute atomic E-state index is 0.0534. The normalized spacial score (nSPS) is 25.5. The first-order valence-electron chi connectivity index (χ1n) is 9.74. The topological polar surface area (TPSA) is 83.6 Å². The summed E-state index contributed by atoms with van der Waals surface area (Å²) in [6.45, 7) is 5.90. The number of carbonyl (C=O) groups is 2. The molecule has 8 heteroatoms. The summed E-state index contributed by atoms with van der Waals surface area (Å²) in [5.41, 5.74) is -0.172. The van der Waals surface area contributed by atoms with Crippen LogP contribution in [0.1, 0.15) is 33.6 Å². The summed E-state index contributed by atoms with van der Waals surface area (Å²) in [5.74, 6) is -0.640. The average Bonchev–Trinajstić information content (AvgIpc) is 2.85. The summed E-state index contributed by atoms with van der Waals surface area (Å²) in [6, 6.07) is 12.7. The van der Waals surface area contributed by atoms with Gasteiger partial charge in [-0.1, -0.05) is 42.8 Å². The Kier molecular flexibility index (Phi) is 4.86. The molecule has 158 valence electrons. The molecule has 1 N–H and O–H groups in total. The number of hydrogen-bond acceptors (Lipinski definition) is 4. The molecule has 2 fully saturated rings. The Balaban J connectivity index is 1.63. The van der Waals surface area contributed by atoms with Crippen LogP contribution >= 0.6 is 15.9 Å². The zero-order valence-corrected chi connectivity index (χ0v) is 19.4. The van der Waals surface area contributed by atoms with Crippen LogP contribution in [0.4, 0.5) is 11.4 Å². The minimum atomic E-state index is -3.80. The minimum Gasteiger partial charge on any atom is -0.280 e. The van der Waals surface area contributed by atoms with Crippen molar-refractivity contribution in [3.63, 3.8) is 0 Å². The summed E-state index contributed by atoms with van der Waals surface area (Å²) in [6.07, 6.45) is 1.36. The maximum absolute atomic E-state index is 13.3. The number of carbonyl (C=O) groups excluding carboxylic acids is 2. The summed E-state index contributed by atoms with van der Waals surface area (Å²) >= 11 is 3.31. The zero-order chi connectivity index (χ0) is 21.9. The summed E-state index contributed by atoms with van der Waals surface area (Å²) in [4.78, 5) is 27.6. The van der Waals surface area contributed by atoms with Gasteiger partial charge in [-0.25, -0.2) is 13.3 Å². The van der Waals surface area contributed by atoms with Crippen molar-refractivity contribution in [1.29, 1.82) is 0 Å². The number of rotatable bonds is 4. The number of hydrogen-bond donors (Lipinski definition) is 1. The third kappa shape index (κ3) is 3.08. The van der Waals surface area contributed by atoms with Crippen molar-refractivity contribution < 1.29 is 18.0 Å². The van der Waals surface area contributed by atoms with Gasteiger partial charge < -0.3 is 0 Å². The second-order valence-electron chi connectivity index (χ2n) is 8.73. The molecular formula is C22H23BrN2O4S. The molecule has 0 spiro atoms. The van der Waals surface area contributed by atoms with E-state index < -0.39 is 20.9 Å². The molecule has 2 aromatic rings. The van der Waals surface area contributed by atoms with Crippen LogP contribution in [0.15, 0.2) is 57.9 Å². The highest BCUT2D eigenvalue weighted by atomic mass is 79.9. The summed E-state index contributed by atoms with van der Waals surface area (Å²) in [7, 11) is -3.80. The number of fused-ring (bicyclic) bond motifs is 2. The van der Waals surface area contributed by atoms with Crippen molar-refractivity contribution in [3.05, 3.63) is 53.0 Å². The van der Waals surface area contributed by atoms with Crippen LogP contribution in [0.3, 0.4) is 0 Å². The van der Waals surface area contributed by atoms with Gasteiger partial charge in [-0.15, -0.1) is 0 Å². The first-order valence-corrected chi connectivity index (χ1v) is 12.0. The molecule has 1 saturated carbocycles. The predicted molar refractivity (Wildman–Crippen MR) is 118 cm³/mol. The van der Waals surface area contributed by atoms with Gasteiger partial charge in [0.25, 0.3) is 10.0 Å². The first kappa shape index (κ1) is 21.1. The maximum atomic E-state index is 13.3. The van der Waals surface area contributed by atoms with Crippen molar-refractivity contribution in [2.24, 2.45) is 16.7 Å². The van der Waals surface area contributed by atoms with Crippen LogP contribution in [0.2, 0.25) is 0 Å². The van der Waals surface area contributed by atoms with Crippen molar-refractivity contribution in [1.82, 2.24) is 0 Å². The van der Waals surface area contributed by atoms with Gasteiger partial charge in [-0.05, 0) is 60.7 Å². The van der Waals surface area contributed by atoms with Crippen LogP contribution in [-0.2, 0) is 19.6 Å². The van der Waals surface area contributed by atoms with Crippen molar-refractivity contribution >= 4 is 49.1 Å². The van der Waals surface area contributed by atoms with E-state index >= 15 is 0 Å². The van der Waals surface area contributed by atoms with E-state index in [1.807, 2.05) is 20.8 Å². The van der Waals surface area contributed by atoms with Gasteiger partial charge in [0.2, 0.25) is 11.8 Å². The van der Waals surface area contributed by atoms with E-state index in [1.54, 1.807) is 24.3 Å². The Morgan fingerprint density at radius 3 is 2.37 bits per heavy atom. The molecule has 2 aromatic carbocycles. The Hall–Kier alpha value is -2.19. The van der Waals surface area contributed by atoms with Crippen molar-refractivity contribution in [2.75, 3.05) is 9.62 Å². The number of anilines is 2. The fourth-order valence-electron chi connectivity index (χ4n) is 4.60. The highest BCUT2D eigenvalue weighted by Gasteiger charge is 2.64. The van der Waals surface area contributed by atoms with Gasteiger partial charge in [-0.2, -0.15) is 0 Å². The number of piperidine rings is 1. The van der Waals surface area contributed by atoms with Crippen molar-refractivity contribution in [2.45, 2.75) is 38.5 Å². The van der Waals surface area contributed by atoms with Crippen LogP contribution in [0.25, 0.3) is 0 Å². The predicted octanol–water partition coefficient (Wildman–Crippen LogP) is 4.57. The lowest BCUT2D eigenvalue weighted by molar-refractivity contribution is -0.146. The molecule has 0 radical (unpaired) electrons. The fraction of sp³-hybridized carbons (Fsp3) is 0.364. The van der Waals surface area contributed by atoms with E-state index in [0.29, 0.717) is 24.2 Å². The molecule has 0 unspecified atom stereocenters.